The Labute approximate surface area is 181 Å². The van der Waals surface area contributed by atoms with Crippen molar-refractivity contribution >= 4 is 5.97 Å². The van der Waals surface area contributed by atoms with Crippen LogP contribution < -0.4 is 0 Å². The van der Waals surface area contributed by atoms with E-state index in [0.29, 0.717) is 24.2 Å². The molecule has 1 atom stereocenters. The SMILES string of the molecule is CC(C)OC(=O)c1ccccc1CN1CCc2ccccc2C1c1cc(F)cc(F)c1. The molecule has 0 aliphatic carbocycles. The summed E-state index contributed by atoms with van der Waals surface area (Å²) < 4.78 is 33.6. The molecule has 0 saturated carbocycles. The minimum atomic E-state index is -0.598. The first-order valence-corrected chi connectivity index (χ1v) is 10.5. The molecule has 0 bridgehead atoms. The number of nitrogens with zero attached hydrogens (tertiary/aromatic N) is 1. The van der Waals surface area contributed by atoms with Crippen LogP contribution in [-0.2, 0) is 17.7 Å². The molecule has 0 N–H and O–H groups in total. The van der Waals surface area contributed by atoms with Crippen LogP contribution in [0.15, 0.2) is 66.7 Å². The summed E-state index contributed by atoms with van der Waals surface area (Å²) >= 11 is 0. The number of carbonyl (C=O) groups excluding carboxylic acids is 1. The van der Waals surface area contributed by atoms with E-state index in [1.165, 1.54) is 17.7 Å². The predicted molar refractivity (Wildman–Crippen MR) is 116 cm³/mol. The molecule has 3 nitrogen and oxygen atoms in total. The molecule has 3 aromatic carbocycles. The molecule has 0 radical (unpaired) electrons. The van der Waals surface area contributed by atoms with Gasteiger partial charge in [-0.15, -0.1) is 0 Å². The molecule has 4 rings (SSSR count). The Morgan fingerprint density at radius 1 is 1.03 bits per heavy atom. The molecule has 5 heteroatoms. The van der Waals surface area contributed by atoms with E-state index in [9.17, 15) is 13.6 Å². The molecule has 0 aromatic heterocycles. The third-order valence-electron chi connectivity index (χ3n) is 5.54. The summed E-state index contributed by atoms with van der Waals surface area (Å²) in [5, 5.41) is 0. The molecule has 1 unspecified atom stereocenters. The standard InChI is InChI=1S/C26H25F2NO2/c1-17(2)31-26(30)24-10-6-4-8-19(24)16-29-12-11-18-7-3-5-9-23(18)25(29)20-13-21(27)15-22(28)14-20/h3-10,13-15,17,25H,11-12,16H2,1-2H3. The molecule has 1 heterocycles. The van der Waals surface area contributed by atoms with Crippen LogP contribution >= 0.6 is 0 Å². The fourth-order valence-corrected chi connectivity index (χ4v) is 4.27. The average molecular weight is 421 g/mol. The van der Waals surface area contributed by atoms with Crippen molar-refractivity contribution in [2.24, 2.45) is 0 Å². The van der Waals surface area contributed by atoms with Crippen molar-refractivity contribution in [2.75, 3.05) is 6.54 Å². The highest BCUT2D eigenvalue weighted by Gasteiger charge is 2.30. The zero-order chi connectivity index (χ0) is 22.0. The second-order valence-corrected chi connectivity index (χ2v) is 8.14. The van der Waals surface area contributed by atoms with E-state index in [0.717, 1.165) is 23.6 Å². The molecule has 1 aliphatic heterocycles. The van der Waals surface area contributed by atoms with Crippen LogP contribution in [0.4, 0.5) is 8.78 Å². The third kappa shape index (κ3) is 4.67. The Morgan fingerprint density at radius 3 is 2.45 bits per heavy atom. The lowest BCUT2D eigenvalue weighted by Crippen LogP contribution is -2.36. The van der Waals surface area contributed by atoms with Gasteiger partial charge in [-0.1, -0.05) is 42.5 Å². The maximum Gasteiger partial charge on any atom is 0.338 e. The second kappa shape index (κ2) is 8.98. The second-order valence-electron chi connectivity index (χ2n) is 8.14. The highest BCUT2D eigenvalue weighted by molar-refractivity contribution is 5.91. The highest BCUT2D eigenvalue weighted by atomic mass is 19.1. The Morgan fingerprint density at radius 2 is 1.71 bits per heavy atom. The first-order valence-electron chi connectivity index (χ1n) is 10.5. The maximum atomic E-state index is 14.1. The fourth-order valence-electron chi connectivity index (χ4n) is 4.27. The van der Waals surface area contributed by atoms with Crippen LogP contribution in [0.3, 0.4) is 0 Å². The number of ether oxygens (including phenoxy) is 1. The molecule has 31 heavy (non-hydrogen) atoms. The summed E-state index contributed by atoms with van der Waals surface area (Å²) in [6.45, 7) is 4.79. The molecule has 0 saturated heterocycles. The van der Waals surface area contributed by atoms with Crippen molar-refractivity contribution in [3.63, 3.8) is 0 Å². The Hall–Kier alpha value is -3.05. The summed E-state index contributed by atoms with van der Waals surface area (Å²) in [6, 6.07) is 18.7. The zero-order valence-electron chi connectivity index (χ0n) is 17.6. The van der Waals surface area contributed by atoms with Gasteiger partial charge in [0.2, 0.25) is 0 Å². The molecule has 0 amide bonds. The van der Waals surface area contributed by atoms with E-state index in [2.05, 4.69) is 11.0 Å². The van der Waals surface area contributed by atoms with Crippen LogP contribution in [0.5, 0.6) is 0 Å². The minimum Gasteiger partial charge on any atom is -0.459 e. The van der Waals surface area contributed by atoms with Gasteiger partial charge in [-0.3, -0.25) is 4.90 Å². The van der Waals surface area contributed by atoms with E-state index in [1.54, 1.807) is 6.07 Å². The van der Waals surface area contributed by atoms with Gasteiger partial charge >= 0.3 is 5.97 Å². The van der Waals surface area contributed by atoms with E-state index in [4.69, 9.17) is 4.74 Å². The van der Waals surface area contributed by atoms with E-state index in [-0.39, 0.29) is 18.1 Å². The Balaban J connectivity index is 1.74. The maximum absolute atomic E-state index is 14.1. The molecule has 160 valence electrons. The number of carbonyl (C=O) groups is 1. The largest absolute Gasteiger partial charge is 0.459 e. The summed E-state index contributed by atoms with van der Waals surface area (Å²) in [5.41, 5.74) is 4.10. The third-order valence-corrected chi connectivity index (χ3v) is 5.54. The van der Waals surface area contributed by atoms with Crippen molar-refractivity contribution in [3.05, 3.63) is 106 Å². The molecule has 0 spiro atoms. The van der Waals surface area contributed by atoms with Gasteiger partial charge in [0, 0.05) is 19.2 Å². The number of fused-ring (bicyclic) bond motifs is 1. The van der Waals surface area contributed by atoms with Gasteiger partial charge in [-0.25, -0.2) is 13.6 Å². The van der Waals surface area contributed by atoms with Crippen LogP contribution in [0.2, 0.25) is 0 Å². The van der Waals surface area contributed by atoms with Gasteiger partial charge in [0.25, 0.3) is 0 Å². The van der Waals surface area contributed by atoms with Gasteiger partial charge in [0.05, 0.1) is 17.7 Å². The number of esters is 1. The first-order chi connectivity index (χ1) is 14.9. The fraction of sp³-hybridized carbons (Fsp3) is 0.269. The smallest absolute Gasteiger partial charge is 0.338 e. The minimum absolute atomic E-state index is 0.217. The van der Waals surface area contributed by atoms with Crippen molar-refractivity contribution in [1.82, 2.24) is 4.90 Å². The average Bonchev–Trinajstić information content (AvgIpc) is 2.72. The quantitative estimate of drug-likeness (QED) is 0.497. The lowest BCUT2D eigenvalue weighted by Gasteiger charge is -2.38. The summed E-state index contributed by atoms with van der Waals surface area (Å²) in [7, 11) is 0. The first kappa shape index (κ1) is 21.2. The van der Waals surface area contributed by atoms with Gasteiger partial charge in [-0.2, -0.15) is 0 Å². The number of halogens is 2. The van der Waals surface area contributed by atoms with Gasteiger partial charge in [0.1, 0.15) is 11.6 Å². The highest BCUT2D eigenvalue weighted by Crippen LogP contribution is 2.37. The summed E-state index contributed by atoms with van der Waals surface area (Å²) in [5.74, 6) is -1.56. The Bertz CT molecular complexity index is 1080. The monoisotopic (exact) mass is 421 g/mol. The summed E-state index contributed by atoms with van der Waals surface area (Å²) in [6.07, 6.45) is 0.605. The molecular weight excluding hydrogens is 396 g/mol. The zero-order valence-corrected chi connectivity index (χ0v) is 17.6. The number of hydrogen-bond donors (Lipinski definition) is 0. The topological polar surface area (TPSA) is 29.5 Å². The molecule has 0 fully saturated rings. The molecular formula is C26H25F2NO2. The normalized spacial score (nSPS) is 16.2. The number of rotatable bonds is 5. The lowest BCUT2D eigenvalue weighted by atomic mass is 9.87. The Kier molecular flexibility index (Phi) is 6.14. The van der Waals surface area contributed by atoms with E-state index in [1.807, 2.05) is 50.2 Å². The van der Waals surface area contributed by atoms with E-state index >= 15 is 0 Å². The predicted octanol–water partition coefficient (Wildman–Crippen LogP) is 5.68. The van der Waals surface area contributed by atoms with Gasteiger partial charge < -0.3 is 4.74 Å². The summed E-state index contributed by atoms with van der Waals surface area (Å²) in [4.78, 5) is 14.8. The number of benzene rings is 3. The van der Waals surface area contributed by atoms with Gasteiger partial charge in [0.15, 0.2) is 0 Å². The van der Waals surface area contributed by atoms with Crippen LogP contribution in [0, 0.1) is 11.6 Å². The van der Waals surface area contributed by atoms with Crippen LogP contribution in [-0.4, -0.2) is 23.5 Å². The van der Waals surface area contributed by atoms with Crippen molar-refractivity contribution in [3.8, 4) is 0 Å². The van der Waals surface area contributed by atoms with Crippen LogP contribution in [0.25, 0.3) is 0 Å². The van der Waals surface area contributed by atoms with Gasteiger partial charge in [-0.05, 0) is 60.7 Å². The van der Waals surface area contributed by atoms with E-state index < -0.39 is 11.6 Å². The molecule has 3 aromatic rings. The van der Waals surface area contributed by atoms with Crippen molar-refractivity contribution in [1.29, 1.82) is 0 Å². The number of hydrogen-bond acceptors (Lipinski definition) is 3. The van der Waals surface area contributed by atoms with Crippen LogP contribution in [0.1, 0.15) is 52.5 Å². The van der Waals surface area contributed by atoms with Crippen molar-refractivity contribution in [2.45, 2.75) is 39.0 Å². The lowest BCUT2D eigenvalue weighted by molar-refractivity contribution is 0.0375. The molecule has 1 aliphatic rings. The van der Waals surface area contributed by atoms with Crippen molar-refractivity contribution < 1.29 is 18.3 Å².